The van der Waals surface area contributed by atoms with E-state index >= 15 is 0 Å². The first-order valence-corrected chi connectivity index (χ1v) is 8.02. The Kier molecular flexibility index (Phi) is 5.60. The highest BCUT2D eigenvalue weighted by molar-refractivity contribution is 7.89. The molecule has 1 atom stereocenters. The second-order valence-electron chi connectivity index (χ2n) is 5.74. The number of aryl methyl sites for hydroxylation is 1. The average Bonchev–Trinajstić information content (AvgIpc) is 2.74. The van der Waals surface area contributed by atoms with E-state index in [1.54, 1.807) is 7.05 Å². The average molecular weight is 323 g/mol. The molecule has 0 amide bonds. The molecule has 1 aromatic rings. The molecule has 0 spiro atoms. The summed E-state index contributed by atoms with van der Waals surface area (Å²) in [5.41, 5.74) is 0.104. The summed E-state index contributed by atoms with van der Waals surface area (Å²) in [7, 11) is -1.86. The molecule has 1 fully saturated rings. The van der Waals surface area contributed by atoms with Gasteiger partial charge in [-0.1, -0.05) is 13.8 Å². The standard InChI is InChI=1S/C12H22N4O2S.ClH/c1-12(2)6-4-7-13-10(12)9-15-19(17,18)11-5-8-14-16(11)3;/h5,8,10,13,15H,4,6-7,9H2,1-3H3;1H. The predicted molar refractivity (Wildman–Crippen MR) is 80.5 cm³/mol. The molecule has 1 aliphatic heterocycles. The zero-order valence-corrected chi connectivity index (χ0v) is 13.7. The van der Waals surface area contributed by atoms with Crippen LogP contribution in [0, 0.1) is 5.41 Å². The molecular weight excluding hydrogens is 300 g/mol. The summed E-state index contributed by atoms with van der Waals surface area (Å²) >= 11 is 0. The molecule has 2 N–H and O–H groups in total. The second-order valence-corrected chi connectivity index (χ2v) is 7.46. The summed E-state index contributed by atoms with van der Waals surface area (Å²) < 4.78 is 28.4. The van der Waals surface area contributed by atoms with Crippen molar-refractivity contribution in [2.45, 2.75) is 37.8 Å². The van der Waals surface area contributed by atoms with Gasteiger partial charge in [0, 0.05) is 19.6 Å². The maximum Gasteiger partial charge on any atom is 0.257 e. The molecule has 8 heteroatoms. The lowest BCUT2D eigenvalue weighted by atomic mass is 9.78. The van der Waals surface area contributed by atoms with Gasteiger partial charge in [0.25, 0.3) is 10.0 Å². The van der Waals surface area contributed by atoms with Crippen molar-refractivity contribution in [2.24, 2.45) is 12.5 Å². The molecule has 1 aromatic heterocycles. The van der Waals surface area contributed by atoms with Crippen LogP contribution in [0.3, 0.4) is 0 Å². The maximum atomic E-state index is 12.2. The number of sulfonamides is 1. The summed E-state index contributed by atoms with van der Waals surface area (Å²) in [6.07, 6.45) is 3.73. The first-order valence-electron chi connectivity index (χ1n) is 6.54. The number of aromatic nitrogens is 2. The van der Waals surface area contributed by atoms with Gasteiger partial charge >= 0.3 is 0 Å². The molecule has 0 bridgehead atoms. The fourth-order valence-corrected chi connectivity index (χ4v) is 3.68. The quantitative estimate of drug-likeness (QED) is 0.863. The molecule has 2 rings (SSSR count). The molecule has 20 heavy (non-hydrogen) atoms. The molecule has 0 aromatic carbocycles. The number of halogens is 1. The number of hydrogen-bond acceptors (Lipinski definition) is 4. The van der Waals surface area contributed by atoms with Crippen molar-refractivity contribution in [3.05, 3.63) is 12.3 Å². The van der Waals surface area contributed by atoms with Crippen molar-refractivity contribution in [1.29, 1.82) is 0 Å². The van der Waals surface area contributed by atoms with Crippen molar-refractivity contribution in [3.63, 3.8) is 0 Å². The van der Waals surface area contributed by atoms with Crippen LogP contribution in [0.1, 0.15) is 26.7 Å². The van der Waals surface area contributed by atoms with Crippen LogP contribution < -0.4 is 10.0 Å². The van der Waals surface area contributed by atoms with Crippen molar-refractivity contribution in [2.75, 3.05) is 13.1 Å². The smallest absolute Gasteiger partial charge is 0.257 e. The highest BCUT2D eigenvalue weighted by Crippen LogP contribution is 2.29. The highest BCUT2D eigenvalue weighted by atomic mass is 35.5. The zero-order valence-electron chi connectivity index (χ0n) is 12.1. The predicted octanol–water partition coefficient (Wildman–Crippen LogP) is 0.898. The Morgan fingerprint density at radius 2 is 2.25 bits per heavy atom. The number of nitrogens with one attached hydrogen (secondary N) is 2. The van der Waals surface area contributed by atoms with E-state index in [0.29, 0.717) is 6.54 Å². The van der Waals surface area contributed by atoms with Crippen LogP contribution in [0.5, 0.6) is 0 Å². The topological polar surface area (TPSA) is 76.0 Å². The van der Waals surface area contributed by atoms with E-state index in [1.165, 1.54) is 16.9 Å². The van der Waals surface area contributed by atoms with Gasteiger partial charge in [0.15, 0.2) is 5.03 Å². The Balaban J connectivity index is 0.00000200. The molecule has 0 aliphatic carbocycles. The molecule has 1 aliphatic rings. The molecule has 0 saturated carbocycles. The third-order valence-corrected chi connectivity index (χ3v) is 5.36. The number of rotatable bonds is 4. The summed E-state index contributed by atoms with van der Waals surface area (Å²) in [5, 5.41) is 7.48. The summed E-state index contributed by atoms with van der Waals surface area (Å²) in [5.74, 6) is 0. The van der Waals surface area contributed by atoms with Crippen LogP contribution in [-0.2, 0) is 17.1 Å². The molecular formula is C12H23ClN4O2S. The second kappa shape index (κ2) is 6.43. The summed E-state index contributed by atoms with van der Waals surface area (Å²) in [6.45, 7) is 5.69. The monoisotopic (exact) mass is 322 g/mol. The molecule has 0 radical (unpaired) electrons. The maximum absolute atomic E-state index is 12.2. The third-order valence-electron chi connectivity index (χ3n) is 3.86. The van der Waals surface area contributed by atoms with Gasteiger partial charge in [-0.25, -0.2) is 13.1 Å². The van der Waals surface area contributed by atoms with Crippen molar-refractivity contribution in [1.82, 2.24) is 19.8 Å². The number of hydrogen-bond donors (Lipinski definition) is 2. The third kappa shape index (κ3) is 3.72. The largest absolute Gasteiger partial charge is 0.312 e. The molecule has 2 heterocycles. The van der Waals surface area contributed by atoms with Crippen molar-refractivity contribution in [3.8, 4) is 0 Å². The van der Waals surface area contributed by atoms with E-state index in [1.807, 2.05) is 0 Å². The minimum atomic E-state index is -3.49. The van der Waals surface area contributed by atoms with Gasteiger partial charge in [-0.05, 0) is 30.9 Å². The first-order chi connectivity index (χ1) is 8.83. The Hall–Kier alpha value is -0.630. The lowest BCUT2D eigenvalue weighted by Gasteiger charge is -2.39. The summed E-state index contributed by atoms with van der Waals surface area (Å²) in [4.78, 5) is 0. The van der Waals surface area contributed by atoms with Crippen LogP contribution in [0.4, 0.5) is 0 Å². The van der Waals surface area contributed by atoms with E-state index in [-0.39, 0.29) is 28.9 Å². The zero-order chi connectivity index (χ0) is 14.1. The Morgan fingerprint density at radius 3 is 2.80 bits per heavy atom. The van der Waals surface area contributed by atoms with Crippen molar-refractivity contribution >= 4 is 22.4 Å². The van der Waals surface area contributed by atoms with E-state index < -0.39 is 10.0 Å². The van der Waals surface area contributed by atoms with E-state index in [9.17, 15) is 8.42 Å². The Labute approximate surface area is 126 Å². The van der Waals surface area contributed by atoms with Crippen LogP contribution >= 0.6 is 12.4 Å². The molecule has 1 unspecified atom stereocenters. The van der Waals surface area contributed by atoms with Gasteiger partial charge in [-0.3, -0.25) is 4.68 Å². The summed E-state index contributed by atoms with van der Waals surface area (Å²) in [6, 6.07) is 1.66. The van der Waals surface area contributed by atoms with E-state index in [4.69, 9.17) is 0 Å². The minimum Gasteiger partial charge on any atom is -0.312 e. The fourth-order valence-electron chi connectivity index (χ4n) is 2.51. The van der Waals surface area contributed by atoms with Gasteiger partial charge in [0.2, 0.25) is 0 Å². The van der Waals surface area contributed by atoms with Gasteiger partial charge in [0.1, 0.15) is 0 Å². The Bertz CT molecular complexity index is 541. The minimum absolute atomic E-state index is 0. The lowest BCUT2D eigenvalue weighted by molar-refractivity contribution is 0.181. The van der Waals surface area contributed by atoms with Crippen LogP contribution in [0.25, 0.3) is 0 Å². The van der Waals surface area contributed by atoms with Gasteiger partial charge in [0.05, 0.1) is 6.20 Å². The first kappa shape index (κ1) is 17.4. The molecule has 116 valence electrons. The van der Waals surface area contributed by atoms with Gasteiger partial charge in [-0.15, -0.1) is 12.4 Å². The lowest BCUT2D eigenvalue weighted by Crippen LogP contribution is -2.52. The molecule has 6 nitrogen and oxygen atoms in total. The SMILES string of the molecule is Cl.Cn1nccc1S(=O)(=O)NCC1NCCCC1(C)C. The fraction of sp³-hybridized carbons (Fsp3) is 0.750. The highest BCUT2D eigenvalue weighted by Gasteiger charge is 2.33. The van der Waals surface area contributed by atoms with Crippen LogP contribution in [-0.4, -0.2) is 37.3 Å². The number of piperidine rings is 1. The van der Waals surface area contributed by atoms with E-state index in [2.05, 4.69) is 29.0 Å². The van der Waals surface area contributed by atoms with E-state index in [0.717, 1.165) is 19.4 Å². The van der Waals surface area contributed by atoms with Crippen LogP contribution in [0.15, 0.2) is 17.3 Å². The number of nitrogens with zero attached hydrogens (tertiary/aromatic N) is 2. The molecule has 1 saturated heterocycles. The van der Waals surface area contributed by atoms with Gasteiger partial charge < -0.3 is 5.32 Å². The van der Waals surface area contributed by atoms with Gasteiger partial charge in [-0.2, -0.15) is 5.10 Å². The normalized spacial score (nSPS) is 22.2. The van der Waals surface area contributed by atoms with Crippen LogP contribution in [0.2, 0.25) is 0 Å². The van der Waals surface area contributed by atoms with Crippen molar-refractivity contribution < 1.29 is 8.42 Å². The Morgan fingerprint density at radius 1 is 1.55 bits per heavy atom.